The largest absolute Gasteiger partial charge is 0.497 e. The van der Waals surface area contributed by atoms with E-state index >= 15 is 0 Å². The second-order valence-corrected chi connectivity index (χ2v) is 4.53. The summed E-state index contributed by atoms with van der Waals surface area (Å²) in [6.45, 7) is 1.98. The van der Waals surface area contributed by atoms with Crippen LogP contribution in [0.25, 0.3) is 0 Å². The van der Waals surface area contributed by atoms with Crippen LogP contribution in [0.1, 0.15) is 41.6 Å². The molecule has 0 unspecified atom stereocenters. The third-order valence-corrected chi connectivity index (χ3v) is 3.42. The fraction of sp³-hybridized carbons (Fsp3) is 0.500. The number of Topliss-reactive ketones (excluding diaryl/α,β-unsaturated/α-hetero) is 1. The Morgan fingerprint density at radius 1 is 1.31 bits per heavy atom. The lowest BCUT2D eigenvalue weighted by molar-refractivity contribution is 0.0922. The molecular formula is C14H18O2. The van der Waals surface area contributed by atoms with Gasteiger partial charge >= 0.3 is 0 Å². The number of benzene rings is 1. The molecule has 2 heteroatoms. The summed E-state index contributed by atoms with van der Waals surface area (Å²) in [6, 6.07) is 5.70. The van der Waals surface area contributed by atoms with Gasteiger partial charge in [-0.3, -0.25) is 4.79 Å². The number of hydrogen-bond donors (Lipinski definition) is 0. The lowest BCUT2D eigenvalue weighted by Gasteiger charge is -2.11. The fourth-order valence-electron chi connectivity index (χ4n) is 2.45. The quantitative estimate of drug-likeness (QED) is 0.727. The Labute approximate surface area is 96.6 Å². The molecule has 0 aromatic heterocycles. The highest BCUT2D eigenvalue weighted by Crippen LogP contribution is 2.29. The second kappa shape index (κ2) is 4.69. The highest BCUT2D eigenvalue weighted by molar-refractivity contribution is 5.99. The van der Waals surface area contributed by atoms with Crippen LogP contribution in [0.5, 0.6) is 5.75 Å². The lowest BCUT2D eigenvalue weighted by Crippen LogP contribution is -2.12. The smallest absolute Gasteiger partial charge is 0.166 e. The summed E-state index contributed by atoms with van der Waals surface area (Å²) in [7, 11) is 1.65. The lowest BCUT2D eigenvalue weighted by atomic mass is 9.93. The van der Waals surface area contributed by atoms with Gasteiger partial charge in [-0.25, -0.2) is 0 Å². The number of rotatable bonds is 3. The Morgan fingerprint density at radius 2 is 2.00 bits per heavy atom. The number of carbonyl (C=O) groups excluding carboxylic acids is 1. The van der Waals surface area contributed by atoms with Crippen molar-refractivity contribution in [2.45, 2.75) is 32.6 Å². The summed E-state index contributed by atoms with van der Waals surface area (Å²) in [6.07, 6.45) is 4.52. The molecule has 0 amide bonds. The van der Waals surface area contributed by atoms with Crippen molar-refractivity contribution in [1.29, 1.82) is 0 Å². The van der Waals surface area contributed by atoms with E-state index in [9.17, 15) is 4.79 Å². The molecule has 86 valence electrons. The number of ether oxygens (including phenoxy) is 1. The summed E-state index contributed by atoms with van der Waals surface area (Å²) < 4.78 is 5.14. The average Bonchev–Trinajstić information content (AvgIpc) is 2.81. The molecule has 0 atom stereocenters. The van der Waals surface area contributed by atoms with E-state index in [0.717, 1.165) is 29.7 Å². The van der Waals surface area contributed by atoms with Crippen LogP contribution in [0.2, 0.25) is 0 Å². The van der Waals surface area contributed by atoms with Crippen molar-refractivity contribution in [2.75, 3.05) is 7.11 Å². The SMILES string of the molecule is COc1ccc(C(=O)C2CCCC2)c(C)c1. The van der Waals surface area contributed by atoms with Crippen LogP contribution in [0, 0.1) is 12.8 Å². The van der Waals surface area contributed by atoms with Crippen LogP contribution in [-0.2, 0) is 0 Å². The van der Waals surface area contributed by atoms with Gasteiger partial charge in [0.05, 0.1) is 7.11 Å². The molecule has 0 aliphatic heterocycles. The van der Waals surface area contributed by atoms with Gasteiger partial charge in [-0.15, -0.1) is 0 Å². The molecule has 0 heterocycles. The van der Waals surface area contributed by atoms with Gasteiger partial charge in [-0.1, -0.05) is 12.8 Å². The minimum absolute atomic E-state index is 0.257. The molecular weight excluding hydrogens is 200 g/mol. The first-order valence-corrected chi connectivity index (χ1v) is 5.91. The van der Waals surface area contributed by atoms with Crippen LogP contribution < -0.4 is 4.74 Å². The number of aryl methyl sites for hydroxylation is 1. The highest BCUT2D eigenvalue weighted by Gasteiger charge is 2.24. The van der Waals surface area contributed by atoms with E-state index < -0.39 is 0 Å². The van der Waals surface area contributed by atoms with Gasteiger partial charge in [0, 0.05) is 11.5 Å². The molecule has 1 fully saturated rings. The molecule has 2 nitrogen and oxygen atoms in total. The van der Waals surface area contributed by atoms with E-state index in [1.807, 2.05) is 25.1 Å². The van der Waals surface area contributed by atoms with E-state index in [1.165, 1.54) is 12.8 Å². The number of hydrogen-bond acceptors (Lipinski definition) is 2. The predicted octanol–water partition coefficient (Wildman–Crippen LogP) is 3.38. The van der Waals surface area contributed by atoms with Crippen molar-refractivity contribution in [1.82, 2.24) is 0 Å². The van der Waals surface area contributed by atoms with E-state index in [0.29, 0.717) is 5.78 Å². The molecule has 0 N–H and O–H groups in total. The Kier molecular flexibility index (Phi) is 3.28. The Morgan fingerprint density at radius 3 is 2.56 bits per heavy atom. The Balaban J connectivity index is 2.22. The molecule has 0 radical (unpaired) electrons. The van der Waals surface area contributed by atoms with Crippen LogP contribution in [0.3, 0.4) is 0 Å². The summed E-state index contributed by atoms with van der Waals surface area (Å²) >= 11 is 0. The first-order valence-electron chi connectivity index (χ1n) is 5.91. The van der Waals surface area contributed by atoms with Crippen molar-refractivity contribution in [3.63, 3.8) is 0 Å². The zero-order valence-corrected chi connectivity index (χ0v) is 9.95. The molecule has 0 spiro atoms. The minimum Gasteiger partial charge on any atom is -0.497 e. The van der Waals surface area contributed by atoms with E-state index in [-0.39, 0.29) is 5.92 Å². The van der Waals surface area contributed by atoms with Gasteiger partial charge in [0.15, 0.2) is 5.78 Å². The molecule has 0 bridgehead atoms. The maximum Gasteiger partial charge on any atom is 0.166 e. The van der Waals surface area contributed by atoms with Crippen molar-refractivity contribution >= 4 is 5.78 Å². The topological polar surface area (TPSA) is 26.3 Å². The van der Waals surface area contributed by atoms with E-state index in [2.05, 4.69) is 0 Å². The van der Waals surface area contributed by atoms with Crippen molar-refractivity contribution in [3.05, 3.63) is 29.3 Å². The van der Waals surface area contributed by atoms with Crippen LogP contribution in [0.4, 0.5) is 0 Å². The van der Waals surface area contributed by atoms with Gasteiger partial charge in [0.2, 0.25) is 0 Å². The van der Waals surface area contributed by atoms with Gasteiger partial charge in [0.25, 0.3) is 0 Å². The third kappa shape index (κ3) is 2.11. The number of ketones is 1. The monoisotopic (exact) mass is 218 g/mol. The van der Waals surface area contributed by atoms with E-state index in [4.69, 9.17) is 4.74 Å². The van der Waals surface area contributed by atoms with Gasteiger partial charge in [-0.2, -0.15) is 0 Å². The van der Waals surface area contributed by atoms with Crippen molar-refractivity contribution in [3.8, 4) is 5.75 Å². The molecule has 1 aromatic carbocycles. The third-order valence-electron chi connectivity index (χ3n) is 3.42. The summed E-state index contributed by atoms with van der Waals surface area (Å²) in [5.74, 6) is 1.39. The zero-order chi connectivity index (χ0) is 11.5. The predicted molar refractivity (Wildman–Crippen MR) is 64.0 cm³/mol. The molecule has 1 saturated carbocycles. The standard InChI is InChI=1S/C14H18O2/c1-10-9-12(16-2)7-8-13(10)14(15)11-5-3-4-6-11/h7-9,11H,3-6H2,1-2H3. The average molecular weight is 218 g/mol. The number of carbonyl (C=O) groups is 1. The van der Waals surface area contributed by atoms with Crippen LogP contribution in [0.15, 0.2) is 18.2 Å². The summed E-state index contributed by atoms with van der Waals surface area (Å²) in [5.41, 5.74) is 1.89. The van der Waals surface area contributed by atoms with Gasteiger partial charge in [-0.05, 0) is 43.5 Å². The molecule has 16 heavy (non-hydrogen) atoms. The van der Waals surface area contributed by atoms with Crippen LogP contribution >= 0.6 is 0 Å². The zero-order valence-electron chi connectivity index (χ0n) is 9.95. The first-order chi connectivity index (χ1) is 7.72. The van der Waals surface area contributed by atoms with E-state index in [1.54, 1.807) is 7.11 Å². The second-order valence-electron chi connectivity index (χ2n) is 4.53. The van der Waals surface area contributed by atoms with Crippen LogP contribution in [-0.4, -0.2) is 12.9 Å². The minimum atomic E-state index is 0.257. The molecule has 1 aromatic rings. The maximum atomic E-state index is 12.2. The van der Waals surface area contributed by atoms with Crippen molar-refractivity contribution < 1.29 is 9.53 Å². The van der Waals surface area contributed by atoms with Gasteiger partial charge in [0.1, 0.15) is 5.75 Å². The first kappa shape index (κ1) is 11.2. The Hall–Kier alpha value is -1.31. The normalized spacial score (nSPS) is 16.4. The maximum absolute atomic E-state index is 12.2. The number of methoxy groups -OCH3 is 1. The molecule has 0 saturated heterocycles. The molecule has 1 aliphatic carbocycles. The summed E-state index contributed by atoms with van der Waals surface area (Å²) in [5, 5.41) is 0. The molecule has 1 aliphatic rings. The Bertz CT molecular complexity index is 390. The fourth-order valence-corrected chi connectivity index (χ4v) is 2.45. The summed E-state index contributed by atoms with van der Waals surface area (Å²) in [4.78, 5) is 12.2. The highest BCUT2D eigenvalue weighted by atomic mass is 16.5. The van der Waals surface area contributed by atoms with Crippen molar-refractivity contribution in [2.24, 2.45) is 5.92 Å². The molecule has 2 rings (SSSR count). The van der Waals surface area contributed by atoms with Gasteiger partial charge < -0.3 is 4.74 Å².